The molecule has 1 unspecified atom stereocenters. The molecule has 1 aromatic heterocycles. The monoisotopic (exact) mass is 466 g/mol. The van der Waals surface area contributed by atoms with E-state index in [9.17, 15) is 14.0 Å². The van der Waals surface area contributed by atoms with E-state index in [4.69, 9.17) is 4.74 Å². The van der Waals surface area contributed by atoms with Crippen LogP contribution in [-0.4, -0.2) is 39.5 Å². The van der Waals surface area contributed by atoms with E-state index in [1.807, 2.05) is 31.2 Å². The zero-order valence-electron chi connectivity index (χ0n) is 18.2. The molecular weight excluding hydrogens is 443 g/mol. The van der Waals surface area contributed by atoms with E-state index in [0.29, 0.717) is 23.7 Å². The number of aryl methyl sites for hydroxylation is 1. The lowest BCUT2D eigenvalue weighted by Crippen LogP contribution is -2.28. The summed E-state index contributed by atoms with van der Waals surface area (Å²) in [4.78, 5) is 32.0. The van der Waals surface area contributed by atoms with E-state index < -0.39 is 0 Å². The Kier molecular flexibility index (Phi) is 6.88. The summed E-state index contributed by atoms with van der Waals surface area (Å²) in [5, 5.41) is 6.46. The normalized spacial score (nSPS) is 15.4. The van der Waals surface area contributed by atoms with E-state index in [0.717, 1.165) is 34.3 Å². The maximum Gasteiger partial charge on any atom is 0.253 e. The number of hydrazone groups is 1. The zero-order chi connectivity index (χ0) is 23.4. The van der Waals surface area contributed by atoms with E-state index in [-0.39, 0.29) is 29.1 Å². The molecule has 7 nitrogen and oxygen atoms in total. The van der Waals surface area contributed by atoms with Gasteiger partial charge in [0.15, 0.2) is 5.16 Å². The fourth-order valence-corrected chi connectivity index (χ4v) is 4.32. The first kappa shape index (κ1) is 22.7. The van der Waals surface area contributed by atoms with Crippen molar-refractivity contribution in [2.24, 2.45) is 5.10 Å². The van der Waals surface area contributed by atoms with Gasteiger partial charge in [-0.15, -0.1) is 0 Å². The number of benzene rings is 2. The number of rotatable bonds is 7. The van der Waals surface area contributed by atoms with E-state index in [1.54, 1.807) is 19.2 Å². The Bertz CT molecular complexity index is 1230. The summed E-state index contributed by atoms with van der Waals surface area (Å²) < 4.78 is 18.7. The summed E-state index contributed by atoms with van der Waals surface area (Å²) in [6.45, 7) is 1.91. The number of amides is 1. The molecule has 0 saturated heterocycles. The number of thioether (sulfide) groups is 1. The van der Waals surface area contributed by atoms with E-state index in [1.165, 1.54) is 23.2 Å². The van der Waals surface area contributed by atoms with Gasteiger partial charge in [-0.25, -0.2) is 14.4 Å². The number of methoxy groups -OCH3 is 1. The smallest absolute Gasteiger partial charge is 0.253 e. The Labute approximate surface area is 194 Å². The number of hydrogen-bond acceptors (Lipinski definition) is 6. The molecule has 33 heavy (non-hydrogen) atoms. The number of H-pyrrole nitrogens is 1. The number of halogens is 1. The topological polar surface area (TPSA) is 87.7 Å². The minimum Gasteiger partial charge on any atom is -0.497 e. The van der Waals surface area contributed by atoms with Crippen LogP contribution in [0.25, 0.3) is 0 Å². The zero-order valence-corrected chi connectivity index (χ0v) is 19.1. The van der Waals surface area contributed by atoms with Crippen LogP contribution in [0.5, 0.6) is 5.75 Å². The third-order valence-electron chi connectivity index (χ3n) is 5.31. The summed E-state index contributed by atoms with van der Waals surface area (Å²) in [6.07, 6.45) is 1.12. The van der Waals surface area contributed by atoms with Gasteiger partial charge in [0.2, 0.25) is 0 Å². The Morgan fingerprint density at radius 3 is 2.61 bits per heavy atom. The molecule has 0 fully saturated rings. The van der Waals surface area contributed by atoms with Crippen LogP contribution >= 0.6 is 11.8 Å². The van der Waals surface area contributed by atoms with Crippen LogP contribution in [0.1, 0.15) is 36.2 Å². The lowest BCUT2D eigenvalue weighted by molar-refractivity contribution is -0.130. The molecule has 0 radical (unpaired) electrons. The van der Waals surface area contributed by atoms with Crippen molar-refractivity contribution in [2.75, 3.05) is 12.9 Å². The van der Waals surface area contributed by atoms with Crippen LogP contribution in [0, 0.1) is 5.82 Å². The fraction of sp³-hybridized carbons (Fsp3) is 0.250. The van der Waals surface area contributed by atoms with Crippen molar-refractivity contribution >= 4 is 23.4 Å². The van der Waals surface area contributed by atoms with Crippen LogP contribution in [-0.2, 0) is 11.2 Å². The first-order chi connectivity index (χ1) is 16.0. The van der Waals surface area contributed by atoms with Gasteiger partial charge in [0.25, 0.3) is 11.5 Å². The lowest BCUT2D eigenvalue weighted by Gasteiger charge is -2.22. The molecule has 0 bridgehead atoms. The highest BCUT2D eigenvalue weighted by Crippen LogP contribution is 2.34. The molecule has 1 atom stereocenters. The van der Waals surface area contributed by atoms with Gasteiger partial charge in [0.05, 0.1) is 24.6 Å². The highest BCUT2D eigenvalue weighted by Gasteiger charge is 2.33. The Morgan fingerprint density at radius 2 is 1.94 bits per heavy atom. The van der Waals surface area contributed by atoms with Crippen LogP contribution in [0.4, 0.5) is 4.39 Å². The maximum atomic E-state index is 13.5. The molecule has 1 amide bonds. The van der Waals surface area contributed by atoms with Gasteiger partial charge in [0, 0.05) is 18.2 Å². The molecule has 170 valence electrons. The Morgan fingerprint density at radius 1 is 1.21 bits per heavy atom. The summed E-state index contributed by atoms with van der Waals surface area (Å²) in [5.74, 6) is 0.204. The average Bonchev–Trinajstić information content (AvgIpc) is 3.28. The van der Waals surface area contributed by atoms with Crippen molar-refractivity contribution in [2.45, 2.75) is 31.0 Å². The number of hydrogen-bond donors (Lipinski definition) is 1. The summed E-state index contributed by atoms with van der Waals surface area (Å²) >= 11 is 1.16. The number of nitrogens with one attached hydrogen (secondary N) is 1. The van der Waals surface area contributed by atoms with Gasteiger partial charge in [-0.1, -0.05) is 30.8 Å². The minimum absolute atomic E-state index is 0.0488. The number of nitrogens with zero attached hydrogens (tertiary/aromatic N) is 3. The van der Waals surface area contributed by atoms with Crippen molar-refractivity contribution in [1.82, 2.24) is 15.0 Å². The second-order valence-electron chi connectivity index (χ2n) is 7.47. The van der Waals surface area contributed by atoms with E-state index in [2.05, 4.69) is 15.1 Å². The summed E-state index contributed by atoms with van der Waals surface area (Å²) in [7, 11) is 1.60. The first-order valence-electron chi connectivity index (χ1n) is 10.5. The molecule has 0 saturated carbocycles. The molecule has 1 aliphatic heterocycles. The minimum atomic E-state index is -0.357. The molecule has 0 spiro atoms. The van der Waals surface area contributed by atoms with Gasteiger partial charge < -0.3 is 9.72 Å². The Hall–Kier alpha value is -3.46. The van der Waals surface area contributed by atoms with Crippen LogP contribution < -0.4 is 10.3 Å². The fourth-order valence-electron chi connectivity index (χ4n) is 3.57. The predicted molar refractivity (Wildman–Crippen MR) is 125 cm³/mol. The summed E-state index contributed by atoms with van der Waals surface area (Å²) in [6, 6.07) is 14.7. The maximum absolute atomic E-state index is 13.5. The second-order valence-corrected chi connectivity index (χ2v) is 8.43. The molecule has 3 aromatic rings. The standard InChI is InChI=1S/C24H23FN4O3S/c1-3-18-12-22(30)27-24(26-18)33-14-23(31)29-21(16-4-8-17(25)9-5-16)13-20(28-29)15-6-10-19(32-2)11-7-15/h4-12,21H,3,13-14H2,1-2H3,(H,26,27,30). The van der Waals surface area contributed by atoms with Crippen LogP contribution in [0.15, 0.2) is 69.6 Å². The molecule has 4 rings (SSSR count). The molecule has 1 N–H and O–H groups in total. The van der Waals surface area contributed by atoms with Crippen molar-refractivity contribution in [3.8, 4) is 5.75 Å². The number of carbonyl (C=O) groups excluding carboxylic acids is 1. The van der Waals surface area contributed by atoms with Crippen molar-refractivity contribution in [3.05, 3.63) is 87.6 Å². The lowest BCUT2D eigenvalue weighted by atomic mass is 9.98. The highest BCUT2D eigenvalue weighted by molar-refractivity contribution is 7.99. The summed E-state index contributed by atoms with van der Waals surface area (Å²) in [5.41, 5.74) is 2.85. The molecule has 2 aromatic carbocycles. The largest absolute Gasteiger partial charge is 0.497 e. The number of aromatic nitrogens is 2. The number of aromatic amines is 1. The molecule has 1 aliphatic rings. The third-order valence-corrected chi connectivity index (χ3v) is 6.17. The predicted octanol–water partition coefficient (Wildman–Crippen LogP) is 3.95. The second kappa shape index (κ2) is 9.99. The quantitative estimate of drug-likeness (QED) is 0.421. The number of ether oxygens (including phenoxy) is 1. The van der Waals surface area contributed by atoms with Gasteiger partial charge in [0.1, 0.15) is 11.6 Å². The molecular formula is C24H23FN4O3S. The van der Waals surface area contributed by atoms with Crippen LogP contribution in [0.2, 0.25) is 0 Å². The van der Waals surface area contributed by atoms with Gasteiger partial charge in [-0.2, -0.15) is 5.10 Å². The SMILES string of the molecule is CCc1cc(=O)[nH]c(SCC(=O)N2N=C(c3ccc(OC)cc3)CC2c2ccc(F)cc2)n1. The van der Waals surface area contributed by atoms with E-state index >= 15 is 0 Å². The third kappa shape index (κ3) is 5.31. The van der Waals surface area contributed by atoms with Crippen molar-refractivity contribution in [3.63, 3.8) is 0 Å². The Balaban J connectivity index is 1.58. The first-order valence-corrected chi connectivity index (χ1v) is 11.5. The molecule has 0 aliphatic carbocycles. The van der Waals surface area contributed by atoms with Crippen LogP contribution in [0.3, 0.4) is 0 Å². The van der Waals surface area contributed by atoms with Gasteiger partial charge in [-0.3, -0.25) is 9.59 Å². The van der Waals surface area contributed by atoms with Crippen molar-refractivity contribution < 1.29 is 13.9 Å². The highest BCUT2D eigenvalue weighted by atomic mass is 32.2. The van der Waals surface area contributed by atoms with Gasteiger partial charge in [-0.05, 0) is 53.9 Å². The number of carbonyl (C=O) groups is 1. The average molecular weight is 467 g/mol. The van der Waals surface area contributed by atoms with Crippen molar-refractivity contribution in [1.29, 1.82) is 0 Å². The van der Waals surface area contributed by atoms with Gasteiger partial charge >= 0.3 is 0 Å². The molecule has 2 heterocycles. The molecule has 9 heteroatoms.